The van der Waals surface area contributed by atoms with Crippen LogP contribution in [0.4, 0.5) is 0 Å². The molecule has 1 aromatic heterocycles. The third-order valence-electron chi connectivity index (χ3n) is 3.01. The first-order valence-corrected chi connectivity index (χ1v) is 7.30. The Morgan fingerprint density at radius 1 is 1.17 bits per heavy atom. The molecule has 2 atom stereocenters. The summed E-state index contributed by atoms with van der Waals surface area (Å²) >= 11 is 1.86. The molecule has 2 N–H and O–H groups in total. The number of furan rings is 1. The van der Waals surface area contributed by atoms with Gasteiger partial charge in [-0.1, -0.05) is 37.3 Å². The van der Waals surface area contributed by atoms with Crippen LogP contribution in [0.25, 0.3) is 0 Å². The fraction of sp³-hybridized carbons (Fsp3) is 0.333. The highest BCUT2D eigenvalue weighted by Gasteiger charge is 2.18. The van der Waals surface area contributed by atoms with Crippen molar-refractivity contribution < 1.29 is 4.42 Å². The zero-order valence-corrected chi connectivity index (χ0v) is 11.4. The van der Waals surface area contributed by atoms with Crippen LogP contribution in [-0.4, -0.2) is 5.25 Å². The van der Waals surface area contributed by atoms with Gasteiger partial charge >= 0.3 is 0 Å². The maximum absolute atomic E-state index is 6.34. The predicted octanol–water partition coefficient (Wildman–Crippen LogP) is 3.99. The molecule has 0 saturated heterocycles. The molecule has 2 aromatic rings. The Morgan fingerprint density at radius 3 is 2.56 bits per heavy atom. The predicted molar refractivity (Wildman–Crippen MR) is 77.5 cm³/mol. The quantitative estimate of drug-likeness (QED) is 0.854. The first-order valence-electron chi connectivity index (χ1n) is 6.25. The second-order valence-corrected chi connectivity index (χ2v) is 5.50. The summed E-state index contributed by atoms with van der Waals surface area (Å²) in [6.07, 6.45) is 2.77. The van der Waals surface area contributed by atoms with Crippen molar-refractivity contribution in [1.29, 1.82) is 0 Å². The van der Waals surface area contributed by atoms with Crippen molar-refractivity contribution in [2.45, 2.75) is 30.4 Å². The van der Waals surface area contributed by atoms with Crippen LogP contribution < -0.4 is 5.73 Å². The molecule has 3 heteroatoms. The molecule has 18 heavy (non-hydrogen) atoms. The molecule has 1 aromatic carbocycles. The Labute approximate surface area is 113 Å². The molecular formula is C15H19NOS. The second kappa shape index (κ2) is 6.66. The van der Waals surface area contributed by atoms with Crippen molar-refractivity contribution in [3.63, 3.8) is 0 Å². The molecular weight excluding hydrogens is 242 g/mol. The van der Waals surface area contributed by atoms with Gasteiger partial charge in [0.15, 0.2) is 0 Å². The second-order valence-electron chi connectivity index (χ2n) is 4.27. The number of hydrogen-bond donors (Lipinski definition) is 1. The summed E-state index contributed by atoms with van der Waals surface area (Å²) in [5, 5.41) is 0.414. The SMILES string of the molecule is CCC(SCc1ccco1)C(N)c1ccccc1. The summed E-state index contributed by atoms with van der Waals surface area (Å²) in [5.74, 6) is 1.89. The van der Waals surface area contributed by atoms with Gasteiger partial charge in [-0.2, -0.15) is 0 Å². The zero-order valence-electron chi connectivity index (χ0n) is 10.6. The molecule has 0 aliphatic carbocycles. The van der Waals surface area contributed by atoms with E-state index in [0.29, 0.717) is 5.25 Å². The standard InChI is InChI=1S/C15H19NOS/c1-2-14(18-11-13-9-6-10-17-13)15(16)12-7-4-3-5-8-12/h3-10,14-15H,2,11,16H2,1H3. The van der Waals surface area contributed by atoms with Crippen molar-refractivity contribution in [3.8, 4) is 0 Å². The van der Waals surface area contributed by atoms with Gasteiger partial charge in [-0.05, 0) is 24.1 Å². The highest BCUT2D eigenvalue weighted by Crippen LogP contribution is 2.29. The van der Waals surface area contributed by atoms with E-state index < -0.39 is 0 Å². The van der Waals surface area contributed by atoms with Crippen molar-refractivity contribution in [3.05, 3.63) is 60.1 Å². The molecule has 2 nitrogen and oxygen atoms in total. The highest BCUT2D eigenvalue weighted by molar-refractivity contribution is 7.99. The molecule has 96 valence electrons. The van der Waals surface area contributed by atoms with Crippen LogP contribution >= 0.6 is 11.8 Å². The summed E-state index contributed by atoms with van der Waals surface area (Å²) in [4.78, 5) is 0. The number of hydrogen-bond acceptors (Lipinski definition) is 3. The first kappa shape index (κ1) is 13.2. The molecule has 2 rings (SSSR count). The van der Waals surface area contributed by atoms with Crippen LogP contribution in [0.2, 0.25) is 0 Å². The first-order chi connectivity index (χ1) is 8.81. The van der Waals surface area contributed by atoms with Gasteiger partial charge in [-0.25, -0.2) is 0 Å². The molecule has 0 aliphatic heterocycles. The minimum Gasteiger partial charge on any atom is -0.468 e. The normalized spacial score (nSPS) is 14.3. The third-order valence-corrected chi connectivity index (χ3v) is 4.51. The van der Waals surface area contributed by atoms with Crippen molar-refractivity contribution >= 4 is 11.8 Å². The minimum atomic E-state index is 0.0798. The van der Waals surface area contributed by atoms with E-state index in [1.165, 1.54) is 5.56 Å². The number of thioether (sulfide) groups is 1. The van der Waals surface area contributed by atoms with Crippen LogP contribution in [0.15, 0.2) is 53.1 Å². The van der Waals surface area contributed by atoms with E-state index in [9.17, 15) is 0 Å². The number of rotatable bonds is 6. The van der Waals surface area contributed by atoms with Crippen LogP contribution in [0.5, 0.6) is 0 Å². The summed E-state index contributed by atoms with van der Waals surface area (Å²) in [6.45, 7) is 2.18. The maximum atomic E-state index is 6.34. The lowest BCUT2D eigenvalue weighted by molar-refractivity contribution is 0.529. The largest absolute Gasteiger partial charge is 0.468 e. The average Bonchev–Trinajstić information content (AvgIpc) is 2.93. The molecule has 2 unspecified atom stereocenters. The van der Waals surface area contributed by atoms with Crippen LogP contribution in [0, 0.1) is 0 Å². The minimum absolute atomic E-state index is 0.0798. The monoisotopic (exact) mass is 261 g/mol. The third kappa shape index (κ3) is 3.40. The van der Waals surface area contributed by atoms with E-state index >= 15 is 0 Å². The van der Waals surface area contributed by atoms with E-state index in [0.717, 1.165) is 17.9 Å². The Balaban J connectivity index is 1.96. The molecule has 0 aliphatic rings. The van der Waals surface area contributed by atoms with Gasteiger partial charge in [0.25, 0.3) is 0 Å². The molecule has 1 heterocycles. The lowest BCUT2D eigenvalue weighted by Gasteiger charge is -2.22. The fourth-order valence-corrected chi connectivity index (χ4v) is 3.09. The topological polar surface area (TPSA) is 39.2 Å². The van der Waals surface area contributed by atoms with E-state index in [4.69, 9.17) is 10.2 Å². The lowest BCUT2D eigenvalue weighted by Crippen LogP contribution is -2.23. The smallest absolute Gasteiger partial charge is 0.113 e. The van der Waals surface area contributed by atoms with Crippen LogP contribution in [0.3, 0.4) is 0 Å². The van der Waals surface area contributed by atoms with E-state index in [1.807, 2.05) is 42.1 Å². The van der Waals surface area contributed by atoms with Gasteiger partial charge in [-0.15, -0.1) is 11.8 Å². The molecule has 0 amide bonds. The van der Waals surface area contributed by atoms with Gasteiger partial charge in [0.2, 0.25) is 0 Å². The Kier molecular flexibility index (Phi) is 4.90. The van der Waals surface area contributed by atoms with Crippen LogP contribution in [-0.2, 0) is 5.75 Å². The van der Waals surface area contributed by atoms with Gasteiger partial charge in [0.05, 0.1) is 12.0 Å². The fourth-order valence-electron chi connectivity index (χ4n) is 1.95. The van der Waals surface area contributed by atoms with E-state index in [2.05, 4.69) is 19.1 Å². The Bertz CT molecular complexity index is 441. The van der Waals surface area contributed by atoms with Crippen LogP contribution in [0.1, 0.15) is 30.7 Å². The van der Waals surface area contributed by atoms with Crippen molar-refractivity contribution in [2.24, 2.45) is 5.73 Å². The summed E-state index contributed by atoms with van der Waals surface area (Å²) < 4.78 is 5.35. The molecule has 0 bridgehead atoms. The summed E-state index contributed by atoms with van der Waals surface area (Å²) in [6, 6.07) is 14.3. The molecule has 0 spiro atoms. The zero-order chi connectivity index (χ0) is 12.8. The summed E-state index contributed by atoms with van der Waals surface area (Å²) in [5.41, 5.74) is 7.54. The van der Waals surface area contributed by atoms with Crippen molar-refractivity contribution in [1.82, 2.24) is 0 Å². The highest BCUT2D eigenvalue weighted by atomic mass is 32.2. The van der Waals surface area contributed by atoms with Crippen molar-refractivity contribution in [2.75, 3.05) is 0 Å². The Hall–Kier alpha value is -1.19. The number of nitrogens with two attached hydrogens (primary N) is 1. The average molecular weight is 261 g/mol. The van der Waals surface area contributed by atoms with E-state index in [1.54, 1.807) is 6.26 Å². The van der Waals surface area contributed by atoms with Gasteiger partial charge < -0.3 is 10.2 Å². The molecule has 0 fully saturated rings. The van der Waals surface area contributed by atoms with E-state index in [-0.39, 0.29) is 6.04 Å². The van der Waals surface area contributed by atoms with Gasteiger partial charge in [0, 0.05) is 11.3 Å². The Morgan fingerprint density at radius 2 is 1.94 bits per heavy atom. The molecule has 0 saturated carbocycles. The lowest BCUT2D eigenvalue weighted by atomic mass is 10.0. The number of benzene rings is 1. The summed E-state index contributed by atoms with van der Waals surface area (Å²) in [7, 11) is 0. The molecule has 0 radical (unpaired) electrons. The van der Waals surface area contributed by atoms with Gasteiger partial charge in [0.1, 0.15) is 5.76 Å². The van der Waals surface area contributed by atoms with Gasteiger partial charge in [-0.3, -0.25) is 0 Å². The maximum Gasteiger partial charge on any atom is 0.113 e.